The van der Waals surface area contributed by atoms with E-state index in [0.29, 0.717) is 47.7 Å². The van der Waals surface area contributed by atoms with Crippen LogP contribution in [0.3, 0.4) is 0 Å². The quantitative estimate of drug-likeness (QED) is 0.605. The molecule has 2 unspecified atom stereocenters. The summed E-state index contributed by atoms with van der Waals surface area (Å²) < 4.78 is 4.90. The molecule has 2 rings (SSSR count). The molecule has 144 valence electrons. The van der Waals surface area contributed by atoms with E-state index >= 15 is 0 Å². The number of hydrogen-bond acceptors (Lipinski definition) is 4. The van der Waals surface area contributed by atoms with Gasteiger partial charge in [-0.25, -0.2) is 0 Å². The maximum Gasteiger partial charge on any atom is 0.252 e. The summed E-state index contributed by atoms with van der Waals surface area (Å²) in [6, 6.07) is 4.92. The van der Waals surface area contributed by atoms with Crippen LogP contribution in [-0.2, 0) is 9.53 Å². The van der Waals surface area contributed by atoms with Crippen LogP contribution in [0.25, 0.3) is 0 Å². The van der Waals surface area contributed by atoms with Gasteiger partial charge in [0, 0.05) is 25.8 Å². The standard InChI is InChI=1S/C19H28ClN3O3/c1-13(14-4-3-7-21-12-14)10-18(24)23-15-5-6-16(17(20)11-15)19(25)22-8-9-26-2/h5-6,11,13-14,21H,3-4,7-10,12H2,1-2H3,(H,22,25)(H,23,24). The Hall–Kier alpha value is -1.63. The average molecular weight is 382 g/mol. The highest BCUT2D eigenvalue weighted by molar-refractivity contribution is 6.34. The number of carbonyl (C=O) groups excluding carboxylic acids is 2. The normalized spacial score (nSPS) is 18.2. The number of hydrogen-bond donors (Lipinski definition) is 3. The Morgan fingerprint density at radius 3 is 2.88 bits per heavy atom. The van der Waals surface area contributed by atoms with Crippen LogP contribution >= 0.6 is 11.6 Å². The summed E-state index contributed by atoms with van der Waals surface area (Å²) in [6.07, 6.45) is 2.81. The van der Waals surface area contributed by atoms with Crippen molar-refractivity contribution in [1.29, 1.82) is 0 Å². The zero-order chi connectivity index (χ0) is 18.9. The Bertz CT molecular complexity index is 618. The van der Waals surface area contributed by atoms with Gasteiger partial charge in [-0.3, -0.25) is 9.59 Å². The van der Waals surface area contributed by atoms with Gasteiger partial charge in [-0.2, -0.15) is 0 Å². The molecule has 0 bridgehead atoms. The van der Waals surface area contributed by atoms with E-state index in [1.807, 2.05) is 0 Å². The fraction of sp³-hybridized carbons (Fsp3) is 0.579. The number of nitrogens with one attached hydrogen (secondary N) is 3. The van der Waals surface area contributed by atoms with Gasteiger partial charge in [0.15, 0.2) is 0 Å². The van der Waals surface area contributed by atoms with E-state index in [-0.39, 0.29) is 11.8 Å². The lowest BCUT2D eigenvalue weighted by atomic mass is 9.85. The number of halogens is 1. The molecule has 2 amide bonds. The SMILES string of the molecule is COCCNC(=O)c1ccc(NC(=O)CC(C)C2CCCNC2)cc1Cl. The molecule has 0 radical (unpaired) electrons. The predicted molar refractivity (Wildman–Crippen MR) is 104 cm³/mol. The van der Waals surface area contributed by atoms with E-state index in [1.54, 1.807) is 25.3 Å². The second-order valence-corrected chi connectivity index (χ2v) is 7.19. The van der Waals surface area contributed by atoms with Crippen molar-refractivity contribution in [2.24, 2.45) is 11.8 Å². The third-order valence-corrected chi connectivity index (χ3v) is 5.05. The van der Waals surface area contributed by atoms with E-state index in [4.69, 9.17) is 16.3 Å². The lowest BCUT2D eigenvalue weighted by molar-refractivity contribution is -0.117. The van der Waals surface area contributed by atoms with Gasteiger partial charge in [0.25, 0.3) is 5.91 Å². The lowest BCUT2D eigenvalue weighted by Gasteiger charge is -2.28. The van der Waals surface area contributed by atoms with Crippen LogP contribution in [0.1, 0.15) is 36.5 Å². The summed E-state index contributed by atoms with van der Waals surface area (Å²) in [4.78, 5) is 24.4. The van der Waals surface area contributed by atoms with Gasteiger partial charge in [-0.1, -0.05) is 18.5 Å². The first kappa shape index (κ1) is 20.7. The van der Waals surface area contributed by atoms with Crippen molar-refractivity contribution in [3.8, 4) is 0 Å². The molecule has 7 heteroatoms. The molecule has 0 spiro atoms. The molecule has 1 aromatic carbocycles. The summed E-state index contributed by atoms with van der Waals surface area (Å²) >= 11 is 6.20. The second kappa shape index (κ2) is 10.5. The smallest absolute Gasteiger partial charge is 0.252 e. The molecule has 26 heavy (non-hydrogen) atoms. The maximum atomic E-state index is 12.3. The first-order valence-electron chi connectivity index (χ1n) is 9.08. The molecule has 1 aromatic rings. The van der Waals surface area contributed by atoms with E-state index in [0.717, 1.165) is 13.1 Å². The van der Waals surface area contributed by atoms with Crippen molar-refractivity contribution in [2.45, 2.75) is 26.2 Å². The molecule has 0 saturated carbocycles. The van der Waals surface area contributed by atoms with E-state index < -0.39 is 0 Å². The monoisotopic (exact) mass is 381 g/mol. The van der Waals surface area contributed by atoms with Gasteiger partial charge >= 0.3 is 0 Å². The Balaban J connectivity index is 1.87. The molecule has 1 heterocycles. The van der Waals surface area contributed by atoms with Gasteiger partial charge in [0.1, 0.15) is 0 Å². The second-order valence-electron chi connectivity index (χ2n) is 6.78. The van der Waals surface area contributed by atoms with Gasteiger partial charge in [0.2, 0.25) is 5.91 Å². The molecule has 1 fully saturated rings. The third kappa shape index (κ3) is 6.27. The summed E-state index contributed by atoms with van der Waals surface area (Å²) in [5, 5.41) is 9.29. The highest BCUT2D eigenvalue weighted by Gasteiger charge is 2.22. The Labute approximate surface area is 160 Å². The van der Waals surface area contributed by atoms with Crippen LogP contribution in [0.2, 0.25) is 5.02 Å². The van der Waals surface area contributed by atoms with Crippen LogP contribution in [0.5, 0.6) is 0 Å². The molecule has 2 atom stereocenters. The van der Waals surface area contributed by atoms with Gasteiger partial charge in [-0.15, -0.1) is 0 Å². The maximum absolute atomic E-state index is 12.3. The van der Waals surface area contributed by atoms with Crippen molar-refractivity contribution >= 4 is 29.1 Å². The number of amides is 2. The Kier molecular flexibility index (Phi) is 8.35. The molecular formula is C19H28ClN3O3. The van der Waals surface area contributed by atoms with Crippen LogP contribution in [-0.4, -0.2) is 45.2 Å². The van der Waals surface area contributed by atoms with Crippen molar-refractivity contribution in [3.05, 3.63) is 28.8 Å². The summed E-state index contributed by atoms with van der Waals surface area (Å²) in [7, 11) is 1.57. The molecule has 3 N–H and O–H groups in total. The zero-order valence-electron chi connectivity index (χ0n) is 15.4. The zero-order valence-corrected chi connectivity index (χ0v) is 16.2. The summed E-state index contributed by atoms with van der Waals surface area (Å²) in [6.45, 7) is 5.02. The van der Waals surface area contributed by atoms with Crippen LogP contribution < -0.4 is 16.0 Å². The predicted octanol–water partition coefficient (Wildman–Crippen LogP) is 2.68. The fourth-order valence-corrected chi connectivity index (χ4v) is 3.44. The highest BCUT2D eigenvalue weighted by atomic mass is 35.5. The molecule has 6 nitrogen and oxygen atoms in total. The van der Waals surface area contributed by atoms with E-state index in [9.17, 15) is 9.59 Å². The molecule has 1 aliphatic heterocycles. The molecule has 0 aliphatic carbocycles. The Morgan fingerprint density at radius 1 is 1.42 bits per heavy atom. The van der Waals surface area contributed by atoms with Gasteiger partial charge in [0.05, 0.1) is 17.2 Å². The molecule has 1 aliphatic rings. The number of benzene rings is 1. The van der Waals surface area contributed by atoms with E-state index in [1.165, 1.54) is 12.8 Å². The number of piperidine rings is 1. The minimum atomic E-state index is -0.261. The highest BCUT2D eigenvalue weighted by Crippen LogP contribution is 2.24. The van der Waals surface area contributed by atoms with Crippen LogP contribution in [0.15, 0.2) is 18.2 Å². The number of rotatable bonds is 8. The average Bonchev–Trinajstić information content (AvgIpc) is 2.62. The number of anilines is 1. The fourth-order valence-electron chi connectivity index (χ4n) is 3.17. The number of carbonyl (C=O) groups is 2. The third-order valence-electron chi connectivity index (χ3n) is 4.74. The first-order chi connectivity index (χ1) is 12.5. The lowest BCUT2D eigenvalue weighted by Crippen LogP contribution is -2.34. The minimum Gasteiger partial charge on any atom is -0.383 e. The Morgan fingerprint density at radius 2 is 2.23 bits per heavy atom. The molecule has 1 saturated heterocycles. The summed E-state index contributed by atoms with van der Waals surface area (Å²) in [5.74, 6) is 0.570. The van der Waals surface area contributed by atoms with Crippen LogP contribution in [0.4, 0.5) is 5.69 Å². The molecular weight excluding hydrogens is 354 g/mol. The minimum absolute atomic E-state index is 0.0311. The van der Waals surface area contributed by atoms with Crippen molar-refractivity contribution in [1.82, 2.24) is 10.6 Å². The molecule has 0 aromatic heterocycles. The van der Waals surface area contributed by atoms with Gasteiger partial charge in [-0.05, 0) is 56.0 Å². The van der Waals surface area contributed by atoms with Gasteiger partial charge < -0.3 is 20.7 Å². The topological polar surface area (TPSA) is 79.5 Å². The van der Waals surface area contributed by atoms with E-state index in [2.05, 4.69) is 22.9 Å². The van der Waals surface area contributed by atoms with Crippen molar-refractivity contribution in [3.63, 3.8) is 0 Å². The largest absolute Gasteiger partial charge is 0.383 e. The van der Waals surface area contributed by atoms with Crippen molar-refractivity contribution in [2.75, 3.05) is 38.7 Å². The number of ether oxygens (including phenoxy) is 1. The van der Waals surface area contributed by atoms with Crippen LogP contribution in [0, 0.1) is 11.8 Å². The number of methoxy groups -OCH3 is 1. The summed E-state index contributed by atoms with van der Waals surface area (Å²) in [5.41, 5.74) is 0.977. The first-order valence-corrected chi connectivity index (χ1v) is 9.46. The van der Waals surface area contributed by atoms with Crippen molar-refractivity contribution < 1.29 is 14.3 Å².